The van der Waals surface area contributed by atoms with Gasteiger partial charge in [0.15, 0.2) is 5.69 Å². The molecule has 0 aliphatic rings. The van der Waals surface area contributed by atoms with Crippen LogP contribution in [-0.4, -0.2) is 23.5 Å². The zero-order valence-corrected chi connectivity index (χ0v) is 9.62. The van der Waals surface area contributed by atoms with E-state index in [9.17, 15) is 9.59 Å². The molecule has 0 bridgehead atoms. The lowest BCUT2D eigenvalue weighted by Gasteiger charge is -1.95. The standard InChI is InChI=1S/C10H12N2O3S/c1-2-15-10(14)7-6-16-9(12-7)5-3-4-8(11)13/h3,5-6H,2,4H2,1H3,(H2,11,13). The average molecular weight is 240 g/mol. The number of nitrogens with two attached hydrogens (primary N) is 1. The van der Waals surface area contributed by atoms with E-state index in [-0.39, 0.29) is 12.1 Å². The summed E-state index contributed by atoms with van der Waals surface area (Å²) in [4.78, 5) is 25.8. The fraction of sp³-hybridized carbons (Fsp3) is 0.300. The number of esters is 1. The minimum Gasteiger partial charge on any atom is -0.461 e. The summed E-state index contributed by atoms with van der Waals surface area (Å²) in [6.07, 6.45) is 3.42. The quantitative estimate of drug-likeness (QED) is 0.784. The Morgan fingerprint density at radius 3 is 3.00 bits per heavy atom. The van der Waals surface area contributed by atoms with E-state index in [1.807, 2.05) is 0 Å². The lowest BCUT2D eigenvalue weighted by molar-refractivity contribution is -0.117. The third-order valence-electron chi connectivity index (χ3n) is 1.59. The molecule has 0 aliphatic carbocycles. The lowest BCUT2D eigenvalue weighted by atomic mass is 10.4. The van der Waals surface area contributed by atoms with Gasteiger partial charge in [0.25, 0.3) is 0 Å². The Kier molecular flexibility index (Phi) is 4.65. The molecule has 0 atom stereocenters. The molecular weight excluding hydrogens is 228 g/mol. The van der Waals surface area contributed by atoms with Crippen molar-refractivity contribution >= 4 is 29.3 Å². The average Bonchev–Trinajstić information content (AvgIpc) is 2.66. The van der Waals surface area contributed by atoms with Gasteiger partial charge in [0.2, 0.25) is 5.91 Å². The van der Waals surface area contributed by atoms with Crippen LogP contribution < -0.4 is 5.73 Å². The highest BCUT2D eigenvalue weighted by molar-refractivity contribution is 7.10. The van der Waals surface area contributed by atoms with Crippen LogP contribution in [0, 0.1) is 0 Å². The van der Waals surface area contributed by atoms with Gasteiger partial charge in [0, 0.05) is 11.8 Å². The number of carbonyl (C=O) groups is 2. The number of primary amides is 1. The normalized spacial score (nSPS) is 10.6. The van der Waals surface area contributed by atoms with E-state index in [1.54, 1.807) is 24.5 Å². The summed E-state index contributed by atoms with van der Waals surface area (Å²) in [7, 11) is 0. The molecule has 0 saturated carbocycles. The summed E-state index contributed by atoms with van der Waals surface area (Å²) in [5, 5.41) is 2.26. The Hall–Kier alpha value is -1.69. The minimum atomic E-state index is -0.437. The maximum absolute atomic E-state index is 11.3. The fourth-order valence-electron chi connectivity index (χ4n) is 0.939. The van der Waals surface area contributed by atoms with Gasteiger partial charge in [-0.1, -0.05) is 6.08 Å². The van der Waals surface area contributed by atoms with Crippen LogP contribution in [0.15, 0.2) is 11.5 Å². The van der Waals surface area contributed by atoms with Crippen LogP contribution in [-0.2, 0) is 9.53 Å². The van der Waals surface area contributed by atoms with Crippen molar-refractivity contribution in [2.24, 2.45) is 5.73 Å². The number of ether oxygens (including phenoxy) is 1. The predicted molar refractivity (Wildman–Crippen MR) is 60.9 cm³/mol. The second-order valence-corrected chi connectivity index (χ2v) is 3.75. The van der Waals surface area contributed by atoms with Gasteiger partial charge in [0.05, 0.1) is 6.61 Å². The van der Waals surface area contributed by atoms with Crippen molar-refractivity contribution in [1.82, 2.24) is 4.98 Å². The number of hydrogen-bond donors (Lipinski definition) is 1. The van der Waals surface area contributed by atoms with E-state index >= 15 is 0 Å². The highest BCUT2D eigenvalue weighted by atomic mass is 32.1. The molecule has 1 rings (SSSR count). The minimum absolute atomic E-state index is 0.161. The Bertz CT molecular complexity index is 412. The van der Waals surface area contributed by atoms with Crippen LogP contribution in [0.1, 0.15) is 28.8 Å². The monoisotopic (exact) mass is 240 g/mol. The first-order valence-electron chi connectivity index (χ1n) is 4.71. The summed E-state index contributed by atoms with van der Waals surface area (Å²) in [6, 6.07) is 0. The van der Waals surface area contributed by atoms with Gasteiger partial charge >= 0.3 is 5.97 Å². The number of amides is 1. The molecule has 5 nitrogen and oxygen atoms in total. The predicted octanol–water partition coefficient (Wildman–Crippen LogP) is 1.21. The topological polar surface area (TPSA) is 82.3 Å². The first-order valence-corrected chi connectivity index (χ1v) is 5.59. The molecule has 6 heteroatoms. The van der Waals surface area contributed by atoms with Crippen molar-refractivity contribution in [2.45, 2.75) is 13.3 Å². The van der Waals surface area contributed by atoms with E-state index in [1.165, 1.54) is 11.3 Å². The third-order valence-corrected chi connectivity index (χ3v) is 2.40. The summed E-state index contributed by atoms with van der Waals surface area (Å²) in [5.41, 5.74) is 5.25. The number of hydrogen-bond acceptors (Lipinski definition) is 5. The second kappa shape index (κ2) is 6.02. The smallest absolute Gasteiger partial charge is 0.357 e. The maximum Gasteiger partial charge on any atom is 0.357 e. The molecular formula is C10H12N2O3S. The van der Waals surface area contributed by atoms with E-state index < -0.39 is 11.9 Å². The van der Waals surface area contributed by atoms with Crippen molar-refractivity contribution in [3.63, 3.8) is 0 Å². The molecule has 0 radical (unpaired) electrons. The molecule has 1 amide bonds. The van der Waals surface area contributed by atoms with Gasteiger partial charge < -0.3 is 10.5 Å². The van der Waals surface area contributed by atoms with Gasteiger partial charge in [-0.15, -0.1) is 11.3 Å². The highest BCUT2D eigenvalue weighted by Gasteiger charge is 2.09. The van der Waals surface area contributed by atoms with Crippen LogP contribution in [0.4, 0.5) is 0 Å². The van der Waals surface area contributed by atoms with Gasteiger partial charge in [-0.05, 0) is 13.0 Å². The molecule has 0 unspecified atom stereocenters. The van der Waals surface area contributed by atoms with Crippen molar-refractivity contribution in [3.05, 3.63) is 22.2 Å². The van der Waals surface area contributed by atoms with Gasteiger partial charge in [-0.3, -0.25) is 4.79 Å². The van der Waals surface area contributed by atoms with Crippen molar-refractivity contribution in [2.75, 3.05) is 6.61 Å². The first-order chi connectivity index (χ1) is 7.63. The van der Waals surface area contributed by atoms with Gasteiger partial charge in [-0.2, -0.15) is 0 Å². The number of aromatic nitrogens is 1. The Labute approximate surface area is 96.9 Å². The van der Waals surface area contributed by atoms with Crippen molar-refractivity contribution in [1.29, 1.82) is 0 Å². The van der Waals surface area contributed by atoms with Crippen molar-refractivity contribution in [3.8, 4) is 0 Å². The number of carbonyl (C=O) groups excluding carboxylic acids is 2. The van der Waals surface area contributed by atoms with E-state index in [0.29, 0.717) is 11.6 Å². The molecule has 0 aliphatic heterocycles. The summed E-state index contributed by atoms with van der Waals surface area (Å²) < 4.78 is 4.79. The van der Waals surface area contributed by atoms with Crippen LogP contribution in [0.2, 0.25) is 0 Å². The molecule has 0 aromatic carbocycles. The van der Waals surface area contributed by atoms with Crippen molar-refractivity contribution < 1.29 is 14.3 Å². The van der Waals surface area contributed by atoms with E-state index in [4.69, 9.17) is 10.5 Å². The van der Waals surface area contributed by atoms with Crippen LogP contribution in [0.3, 0.4) is 0 Å². The zero-order valence-electron chi connectivity index (χ0n) is 8.80. The third kappa shape index (κ3) is 3.82. The molecule has 86 valence electrons. The SMILES string of the molecule is CCOC(=O)c1csc(C=CCC(N)=O)n1. The summed E-state index contributed by atoms with van der Waals surface area (Å²) >= 11 is 1.30. The molecule has 16 heavy (non-hydrogen) atoms. The largest absolute Gasteiger partial charge is 0.461 e. The first kappa shape index (κ1) is 12.4. The van der Waals surface area contributed by atoms with Crippen LogP contribution in [0.25, 0.3) is 6.08 Å². The number of thiazole rings is 1. The summed E-state index contributed by atoms with van der Waals surface area (Å²) in [5.74, 6) is -0.841. The Balaban J connectivity index is 2.61. The Morgan fingerprint density at radius 1 is 1.62 bits per heavy atom. The molecule has 0 spiro atoms. The Morgan fingerprint density at radius 2 is 2.38 bits per heavy atom. The molecule has 1 aromatic rings. The number of nitrogens with zero attached hydrogens (tertiary/aromatic N) is 1. The number of rotatable bonds is 5. The molecule has 1 aromatic heterocycles. The van der Waals surface area contributed by atoms with E-state index in [0.717, 1.165) is 0 Å². The molecule has 2 N–H and O–H groups in total. The molecule has 0 saturated heterocycles. The molecule has 1 heterocycles. The van der Waals surface area contributed by atoms with Gasteiger partial charge in [-0.25, -0.2) is 9.78 Å². The van der Waals surface area contributed by atoms with Crippen LogP contribution in [0.5, 0.6) is 0 Å². The summed E-state index contributed by atoms with van der Waals surface area (Å²) in [6.45, 7) is 2.06. The van der Waals surface area contributed by atoms with Gasteiger partial charge in [0.1, 0.15) is 5.01 Å². The lowest BCUT2D eigenvalue weighted by Crippen LogP contribution is -2.07. The second-order valence-electron chi connectivity index (χ2n) is 2.86. The molecule has 0 fully saturated rings. The fourth-order valence-corrected chi connectivity index (χ4v) is 1.65. The highest BCUT2D eigenvalue weighted by Crippen LogP contribution is 2.12. The zero-order chi connectivity index (χ0) is 12.0. The maximum atomic E-state index is 11.3. The van der Waals surface area contributed by atoms with Crippen LogP contribution >= 0.6 is 11.3 Å². The van der Waals surface area contributed by atoms with E-state index in [2.05, 4.69) is 4.98 Å².